The number of thioether (sulfide) groups is 1. The van der Waals surface area contributed by atoms with Gasteiger partial charge in [0.1, 0.15) is 6.04 Å². The molecule has 0 bridgehead atoms. The molecule has 5 nitrogen and oxygen atoms in total. The summed E-state index contributed by atoms with van der Waals surface area (Å²) in [6.07, 6.45) is 5.76. The van der Waals surface area contributed by atoms with Crippen molar-refractivity contribution in [1.82, 2.24) is 4.90 Å². The van der Waals surface area contributed by atoms with Crippen molar-refractivity contribution in [3.05, 3.63) is 0 Å². The van der Waals surface area contributed by atoms with Crippen LogP contribution in [0.25, 0.3) is 0 Å². The van der Waals surface area contributed by atoms with Gasteiger partial charge in [-0.3, -0.25) is 14.5 Å². The zero-order chi connectivity index (χ0) is 14.0. The number of amides is 2. The van der Waals surface area contributed by atoms with Gasteiger partial charge in [0.25, 0.3) is 0 Å². The van der Waals surface area contributed by atoms with Crippen molar-refractivity contribution in [2.75, 3.05) is 12.0 Å². The van der Waals surface area contributed by atoms with Gasteiger partial charge in [0.15, 0.2) is 0 Å². The minimum atomic E-state index is -1.08. The molecule has 1 aliphatic heterocycles. The quantitative estimate of drug-likeness (QED) is 0.775. The Bertz CT molecular complexity index is 403. The number of carbonyl (C=O) groups excluding carboxylic acids is 2. The molecule has 106 valence electrons. The second kappa shape index (κ2) is 5.53. The Morgan fingerprint density at radius 3 is 2.58 bits per heavy atom. The smallest absolute Gasteiger partial charge is 0.326 e. The second-order valence-corrected chi connectivity index (χ2v) is 6.35. The Morgan fingerprint density at radius 1 is 1.42 bits per heavy atom. The Labute approximate surface area is 116 Å². The molecule has 1 atom stereocenters. The molecule has 1 heterocycles. The molecule has 2 amide bonds. The Balaban J connectivity index is 2.20. The zero-order valence-electron chi connectivity index (χ0n) is 11.1. The van der Waals surface area contributed by atoms with E-state index in [1.165, 1.54) is 11.8 Å². The number of hydrogen-bond acceptors (Lipinski definition) is 4. The molecule has 2 fully saturated rings. The highest BCUT2D eigenvalue weighted by atomic mass is 32.2. The first kappa shape index (κ1) is 14.4. The molecular weight excluding hydrogens is 266 g/mol. The summed E-state index contributed by atoms with van der Waals surface area (Å²) in [4.78, 5) is 36.9. The second-order valence-electron chi connectivity index (χ2n) is 5.37. The van der Waals surface area contributed by atoms with E-state index < -0.39 is 17.4 Å². The molecule has 1 unspecified atom stereocenters. The molecule has 0 aromatic rings. The van der Waals surface area contributed by atoms with Crippen LogP contribution in [0.1, 0.15) is 38.5 Å². The number of likely N-dealkylation sites (tertiary alicyclic amines) is 1. The summed E-state index contributed by atoms with van der Waals surface area (Å²) >= 11 is 1.52. The molecular formula is C13H19NO4S. The lowest BCUT2D eigenvalue weighted by atomic mass is 9.84. The molecule has 1 N–H and O–H groups in total. The lowest BCUT2D eigenvalue weighted by molar-refractivity contribution is -0.155. The molecule has 1 spiro atoms. The van der Waals surface area contributed by atoms with Gasteiger partial charge in [-0.15, -0.1) is 0 Å². The van der Waals surface area contributed by atoms with E-state index in [2.05, 4.69) is 0 Å². The van der Waals surface area contributed by atoms with Crippen molar-refractivity contribution < 1.29 is 19.5 Å². The minimum Gasteiger partial charge on any atom is -0.480 e. The lowest BCUT2D eigenvalue weighted by Crippen LogP contribution is -2.46. The molecule has 1 aliphatic carbocycles. The third-order valence-corrected chi connectivity index (χ3v) is 4.83. The minimum absolute atomic E-state index is 0.203. The van der Waals surface area contributed by atoms with Crippen LogP contribution < -0.4 is 0 Å². The number of carbonyl (C=O) groups is 3. The first-order chi connectivity index (χ1) is 9.02. The van der Waals surface area contributed by atoms with Crippen LogP contribution in [0.15, 0.2) is 0 Å². The van der Waals surface area contributed by atoms with Gasteiger partial charge < -0.3 is 5.11 Å². The van der Waals surface area contributed by atoms with Gasteiger partial charge >= 0.3 is 5.97 Å². The number of imide groups is 1. The molecule has 0 aromatic carbocycles. The number of rotatable bonds is 5. The van der Waals surface area contributed by atoms with Crippen molar-refractivity contribution in [2.45, 2.75) is 44.6 Å². The van der Waals surface area contributed by atoms with Crippen LogP contribution in [0, 0.1) is 5.41 Å². The molecule has 0 aromatic heterocycles. The van der Waals surface area contributed by atoms with E-state index in [0.29, 0.717) is 12.2 Å². The summed E-state index contributed by atoms with van der Waals surface area (Å²) in [5.74, 6) is -1.00. The maximum Gasteiger partial charge on any atom is 0.326 e. The topological polar surface area (TPSA) is 74.7 Å². The molecule has 2 rings (SSSR count). The standard InChI is InChI=1S/C13H19NO4S/c1-19-7-4-9(11(16)17)14-10(15)8-13(12(14)18)5-2-3-6-13/h9H,2-8H2,1H3,(H,16,17). The van der Waals surface area contributed by atoms with E-state index in [1.54, 1.807) is 0 Å². The first-order valence-corrected chi connectivity index (χ1v) is 7.99. The molecule has 2 aliphatic rings. The summed E-state index contributed by atoms with van der Waals surface area (Å²) in [7, 11) is 0. The average Bonchev–Trinajstić information content (AvgIpc) is 2.90. The SMILES string of the molecule is CSCCC(C(=O)O)N1C(=O)CC2(CCCC2)C1=O. The van der Waals surface area contributed by atoms with Crippen LogP contribution in [0.4, 0.5) is 0 Å². The Morgan fingerprint density at radius 2 is 2.05 bits per heavy atom. The van der Waals surface area contributed by atoms with E-state index in [0.717, 1.165) is 30.6 Å². The van der Waals surface area contributed by atoms with Crippen molar-refractivity contribution >= 4 is 29.5 Å². The summed E-state index contributed by atoms with van der Waals surface area (Å²) in [6, 6.07) is -0.993. The van der Waals surface area contributed by atoms with E-state index in [9.17, 15) is 19.5 Å². The number of hydrogen-bond donors (Lipinski definition) is 1. The van der Waals surface area contributed by atoms with Gasteiger partial charge in [-0.05, 0) is 31.3 Å². The van der Waals surface area contributed by atoms with Gasteiger partial charge in [-0.25, -0.2) is 4.79 Å². The summed E-state index contributed by atoms with van der Waals surface area (Å²) in [5.41, 5.74) is -0.579. The van der Waals surface area contributed by atoms with E-state index >= 15 is 0 Å². The molecule has 0 radical (unpaired) electrons. The third kappa shape index (κ3) is 2.50. The van der Waals surface area contributed by atoms with Crippen molar-refractivity contribution in [2.24, 2.45) is 5.41 Å². The van der Waals surface area contributed by atoms with Crippen LogP contribution in [0.3, 0.4) is 0 Å². The van der Waals surface area contributed by atoms with Crippen LogP contribution in [0.5, 0.6) is 0 Å². The van der Waals surface area contributed by atoms with Crippen LogP contribution in [0.2, 0.25) is 0 Å². The maximum absolute atomic E-state index is 12.5. The predicted octanol–water partition coefficient (Wildman–Crippen LogP) is 1.51. The normalized spacial score (nSPS) is 23.3. The first-order valence-electron chi connectivity index (χ1n) is 6.60. The lowest BCUT2D eigenvalue weighted by Gasteiger charge is -2.25. The number of nitrogens with zero attached hydrogens (tertiary/aromatic N) is 1. The van der Waals surface area contributed by atoms with Crippen LogP contribution >= 0.6 is 11.8 Å². The van der Waals surface area contributed by atoms with Gasteiger partial charge in [0, 0.05) is 6.42 Å². The highest BCUT2D eigenvalue weighted by molar-refractivity contribution is 7.98. The van der Waals surface area contributed by atoms with E-state index in [4.69, 9.17) is 0 Å². The van der Waals surface area contributed by atoms with Gasteiger partial charge in [-0.2, -0.15) is 11.8 Å². The van der Waals surface area contributed by atoms with Gasteiger partial charge in [0.2, 0.25) is 11.8 Å². The molecule has 6 heteroatoms. The fourth-order valence-corrected chi connectivity index (χ4v) is 3.63. The summed E-state index contributed by atoms with van der Waals surface area (Å²) < 4.78 is 0. The third-order valence-electron chi connectivity index (χ3n) is 4.18. The van der Waals surface area contributed by atoms with Gasteiger partial charge in [-0.1, -0.05) is 12.8 Å². The van der Waals surface area contributed by atoms with Gasteiger partial charge in [0.05, 0.1) is 5.41 Å². The zero-order valence-corrected chi connectivity index (χ0v) is 11.9. The Hall–Kier alpha value is -1.04. The summed E-state index contributed by atoms with van der Waals surface area (Å²) in [5, 5.41) is 9.27. The van der Waals surface area contributed by atoms with Crippen LogP contribution in [-0.2, 0) is 14.4 Å². The average molecular weight is 285 g/mol. The fourth-order valence-electron chi connectivity index (χ4n) is 3.17. The fraction of sp³-hybridized carbons (Fsp3) is 0.769. The summed E-state index contributed by atoms with van der Waals surface area (Å²) in [6.45, 7) is 0. The monoisotopic (exact) mass is 285 g/mol. The van der Waals surface area contributed by atoms with Crippen molar-refractivity contribution in [3.63, 3.8) is 0 Å². The van der Waals surface area contributed by atoms with Crippen LogP contribution in [-0.4, -0.2) is 45.8 Å². The Kier molecular flexibility index (Phi) is 4.18. The predicted molar refractivity (Wildman–Crippen MR) is 71.8 cm³/mol. The molecule has 1 saturated heterocycles. The number of carboxylic acid groups (broad SMARTS) is 1. The number of carboxylic acids is 1. The van der Waals surface area contributed by atoms with Crippen molar-refractivity contribution in [1.29, 1.82) is 0 Å². The highest BCUT2D eigenvalue weighted by Gasteiger charge is 2.55. The van der Waals surface area contributed by atoms with E-state index in [-0.39, 0.29) is 18.2 Å². The largest absolute Gasteiger partial charge is 0.480 e. The highest BCUT2D eigenvalue weighted by Crippen LogP contribution is 2.47. The maximum atomic E-state index is 12.5. The molecule has 19 heavy (non-hydrogen) atoms. The number of aliphatic carboxylic acids is 1. The van der Waals surface area contributed by atoms with Crippen molar-refractivity contribution in [3.8, 4) is 0 Å². The molecule has 1 saturated carbocycles. The van der Waals surface area contributed by atoms with E-state index in [1.807, 2.05) is 6.26 Å².